The summed E-state index contributed by atoms with van der Waals surface area (Å²) in [5, 5.41) is 0. The second kappa shape index (κ2) is 2.01. The molecule has 0 aromatic rings. The van der Waals surface area contributed by atoms with Gasteiger partial charge in [0.2, 0.25) is 0 Å². The minimum Gasteiger partial charge on any atom is -0.469 e. The van der Waals surface area contributed by atoms with Crippen LogP contribution in [0.2, 0.25) is 0 Å². The first-order valence-electron chi connectivity index (χ1n) is 3.23. The van der Waals surface area contributed by atoms with Crippen molar-refractivity contribution in [2.24, 2.45) is 5.41 Å². The Bertz CT molecular complexity index is 125. The van der Waals surface area contributed by atoms with Crippen LogP contribution in [-0.2, 0) is 9.53 Å². The van der Waals surface area contributed by atoms with E-state index in [1.807, 2.05) is 0 Å². The molecule has 0 heterocycles. The molecular formula is C7H12O2. The van der Waals surface area contributed by atoms with Gasteiger partial charge in [-0.25, -0.2) is 0 Å². The van der Waals surface area contributed by atoms with Crippen LogP contribution in [0, 0.1) is 5.41 Å². The Hall–Kier alpha value is -0.530. The molecule has 0 radical (unpaired) electrons. The lowest BCUT2D eigenvalue weighted by Crippen LogP contribution is -2.06. The number of rotatable bonds is 2. The lowest BCUT2D eigenvalue weighted by Gasteiger charge is -2.03. The molecule has 0 N–H and O–H groups in total. The summed E-state index contributed by atoms with van der Waals surface area (Å²) in [6.45, 7) is 2.11. The zero-order valence-corrected chi connectivity index (χ0v) is 5.94. The minimum atomic E-state index is -0.0741. The van der Waals surface area contributed by atoms with Gasteiger partial charge < -0.3 is 4.74 Å². The first-order valence-corrected chi connectivity index (χ1v) is 3.23. The maximum absolute atomic E-state index is 10.6. The van der Waals surface area contributed by atoms with Crippen LogP contribution in [0.15, 0.2) is 0 Å². The fourth-order valence-electron chi connectivity index (χ4n) is 0.811. The summed E-state index contributed by atoms with van der Waals surface area (Å²) >= 11 is 0. The SMILES string of the molecule is COC(=O)CC1(C)CC1. The van der Waals surface area contributed by atoms with Crippen molar-refractivity contribution in [1.29, 1.82) is 0 Å². The normalized spacial score (nSPS) is 21.1. The molecule has 0 unspecified atom stereocenters. The zero-order chi connectivity index (χ0) is 6.91. The first kappa shape index (κ1) is 6.59. The molecule has 2 heteroatoms. The minimum absolute atomic E-state index is 0.0741. The predicted molar refractivity (Wildman–Crippen MR) is 34.0 cm³/mol. The number of carbonyl (C=O) groups excluding carboxylic acids is 1. The number of hydrogen-bond donors (Lipinski definition) is 0. The molecule has 1 fully saturated rings. The van der Waals surface area contributed by atoms with E-state index < -0.39 is 0 Å². The molecule has 0 amide bonds. The zero-order valence-electron chi connectivity index (χ0n) is 5.94. The summed E-state index contributed by atoms with van der Waals surface area (Å²) in [5.41, 5.74) is 0.299. The molecule has 1 rings (SSSR count). The highest BCUT2D eigenvalue weighted by Crippen LogP contribution is 2.48. The molecule has 1 saturated carbocycles. The van der Waals surface area contributed by atoms with Crippen LogP contribution in [0.5, 0.6) is 0 Å². The fraction of sp³-hybridized carbons (Fsp3) is 0.857. The molecule has 0 bridgehead atoms. The third-order valence-electron chi connectivity index (χ3n) is 1.90. The van der Waals surface area contributed by atoms with Crippen molar-refractivity contribution in [2.45, 2.75) is 26.2 Å². The van der Waals surface area contributed by atoms with E-state index in [0.717, 1.165) is 0 Å². The molecule has 0 saturated heterocycles. The Labute approximate surface area is 55.2 Å². The van der Waals surface area contributed by atoms with Crippen molar-refractivity contribution in [2.75, 3.05) is 7.11 Å². The average Bonchev–Trinajstić information content (AvgIpc) is 2.48. The maximum atomic E-state index is 10.6. The molecule has 1 aliphatic rings. The van der Waals surface area contributed by atoms with E-state index in [1.54, 1.807) is 0 Å². The van der Waals surface area contributed by atoms with Crippen LogP contribution in [0.25, 0.3) is 0 Å². The fourth-order valence-corrected chi connectivity index (χ4v) is 0.811. The van der Waals surface area contributed by atoms with Gasteiger partial charge in [0.1, 0.15) is 0 Å². The predicted octanol–water partition coefficient (Wildman–Crippen LogP) is 1.35. The van der Waals surface area contributed by atoms with Gasteiger partial charge in [-0.05, 0) is 18.3 Å². The van der Waals surface area contributed by atoms with Crippen molar-refractivity contribution >= 4 is 5.97 Å². The highest BCUT2D eigenvalue weighted by Gasteiger charge is 2.39. The highest BCUT2D eigenvalue weighted by atomic mass is 16.5. The number of esters is 1. The molecule has 9 heavy (non-hydrogen) atoms. The standard InChI is InChI=1S/C7H12O2/c1-7(3-4-7)5-6(8)9-2/h3-5H2,1-2H3. The monoisotopic (exact) mass is 128 g/mol. The van der Waals surface area contributed by atoms with Gasteiger partial charge >= 0.3 is 5.97 Å². The Balaban J connectivity index is 2.25. The summed E-state index contributed by atoms with van der Waals surface area (Å²) in [6, 6.07) is 0. The van der Waals surface area contributed by atoms with Gasteiger partial charge in [0.05, 0.1) is 13.5 Å². The molecule has 2 nitrogen and oxygen atoms in total. The molecule has 0 spiro atoms. The second-order valence-corrected chi connectivity index (χ2v) is 3.06. The van der Waals surface area contributed by atoms with Gasteiger partial charge in [-0.3, -0.25) is 4.79 Å². The van der Waals surface area contributed by atoms with E-state index in [2.05, 4.69) is 11.7 Å². The first-order chi connectivity index (χ1) is 4.16. The molecule has 1 aliphatic carbocycles. The molecule has 0 aromatic heterocycles. The third-order valence-corrected chi connectivity index (χ3v) is 1.90. The average molecular weight is 128 g/mol. The highest BCUT2D eigenvalue weighted by molar-refractivity contribution is 5.70. The van der Waals surface area contributed by atoms with Gasteiger partial charge in [-0.2, -0.15) is 0 Å². The summed E-state index contributed by atoms with van der Waals surface area (Å²) < 4.78 is 4.53. The Morgan fingerprint density at radius 1 is 1.67 bits per heavy atom. The van der Waals surface area contributed by atoms with Crippen LogP contribution in [0.3, 0.4) is 0 Å². The van der Waals surface area contributed by atoms with Gasteiger partial charge in [-0.15, -0.1) is 0 Å². The topological polar surface area (TPSA) is 26.3 Å². The number of hydrogen-bond acceptors (Lipinski definition) is 2. The van der Waals surface area contributed by atoms with E-state index in [0.29, 0.717) is 11.8 Å². The van der Waals surface area contributed by atoms with Crippen LogP contribution in [0.4, 0.5) is 0 Å². The Morgan fingerprint density at radius 3 is 2.56 bits per heavy atom. The lowest BCUT2D eigenvalue weighted by molar-refractivity contribution is -0.141. The van der Waals surface area contributed by atoms with Crippen molar-refractivity contribution in [3.8, 4) is 0 Å². The van der Waals surface area contributed by atoms with E-state index in [9.17, 15) is 4.79 Å². The summed E-state index contributed by atoms with van der Waals surface area (Å²) in [5.74, 6) is -0.0741. The van der Waals surface area contributed by atoms with E-state index >= 15 is 0 Å². The largest absolute Gasteiger partial charge is 0.469 e. The van der Waals surface area contributed by atoms with E-state index in [1.165, 1.54) is 20.0 Å². The van der Waals surface area contributed by atoms with Gasteiger partial charge in [0.15, 0.2) is 0 Å². The summed E-state index contributed by atoms with van der Waals surface area (Å²) in [6.07, 6.45) is 2.97. The van der Waals surface area contributed by atoms with Crippen molar-refractivity contribution in [1.82, 2.24) is 0 Å². The summed E-state index contributed by atoms with van der Waals surface area (Å²) in [7, 11) is 1.44. The quantitative estimate of drug-likeness (QED) is 0.525. The van der Waals surface area contributed by atoms with Crippen LogP contribution < -0.4 is 0 Å². The van der Waals surface area contributed by atoms with Crippen molar-refractivity contribution in [3.63, 3.8) is 0 Å². The van der Waals surface area contributed by atoms with E-state index in [4.69, 9.17) is 0 Å². The number of methoxy groups -OCH3 is 1. The van der Waals surface area contributed by atoms with Gasteiger partial charge in [0, 0.05) is 0 Å². The van der Waals surface area contributed by atoms with Crippen molar-refractivity contribution < 1.29 is 9.53 Å². The Kier molecular flexibility index (Phi) is 1.47. The molecular weight excluding hydrogens is 116 g/mol. The second-order valence-electron chi connectivity index (χ2n) is 3.06. The Morgan fingerprint density at radius 2 is 2.22 bits per heavy atom. The van der Waals surface area contributed by atoms with Crippen LogP contribution >= 0.6 is 0 Å². The third kappa shape index (κ3) is 1.70. The molecule has 52 valence electrons. The summed E-state index contributed by atoms with van der Waals surface area (Å²) in [4.78, 5) is 10.6. The van der Waals surface area contributed by atoms with Crippen LogP contribution in [0.1, 0.15) is 26.2 Å². The van der Waals surface area contributed by atoms with E-state index in [-0.39, 0.29) is 5.97 Å². The number of carbonyl (C=O) groups is 1. The van der Waals surface area contributed by atoms with Gasteiger partial charge in [-0.1, -0.05) is 6.92 Å². The van der Waals surface area contributed by atoms with Crippen molar-refractivity contribution in [3.05, 3.63) is 0 Å². The molecule has 0 atom stereocenters. The molecule has 0 aliphatic heterocycles. The number of ether oxygens (including phenoxy) is 1. The van der Waals surface area contributed by atoms with Crippen LogP contribution in [-0.4, -0.2) is 13.1 Å². The lowest BCUT2D eigenvalue weighted by atomic mass is 10.1. The van der Waals surface area contributed by atoms with Gasteiger partial charge in [0.25, 0.3) is 0 Å². The molecule has 0 aromatic carbocycles. The maximum Gasteiger partial charge on any atom is 0.306 e. The smallest absolute Gasteiger partial charge is 0.306 e.